The first-order valence-corrected chi connectivity index (χ1v) is 6.17. The smallest absolute Gasteiger partial charge is 0.299 e. The Morgan fingerprint density at radius 2 is 1.81 bits per heavy atom. The minimum absolute atomic E-state index is 0.0145. The van der Waals surface area contributed by atoms with Crippen molar-refractivity contribution in [1.29, 1.82) is 0 Å². The fourth-order valence-corrected chi connectivity index (χ4v) is 2.13. The highest BCUT2D eigenvalue weighted by Crippen LogP contribution is 2.31. The molecule has 0 bridgehead atoms. The van der Waals surface area contributed by atoms with Gasteiger partial charge in [-0.15, -0.1) is 0 Å². The number of fused-ring (bicyclic) bond motifs is 1. The molecule has 0 N–H and O–H groups in total. The summed E-state index contributed by atoms with van der Waals surface area (Å²) in [5, 5.41) is 0.177. The molecule has 0 unspecified atom stereocenters. The number of rotatable bonds is 2. The third kappa shape index (κ3) is 2.25. The zero-order valence-corrected chi connectivity index (χ0v) is 11.1. The Bertz CT molecular complexity index is 765. The van der Waals surface area contributed by atoms with E-state index < -0.39 is 23.3 Å². The fourth-order valence-electron chi connectivity index (χ4n) is 2.03. The monoisotopic (exact) mass is 309 g/mol. The van der Waals surface area contributed by atoms with Crippen molar-refractivity contribution in [2.75, 3.05) is 4.90 Å². The van der Waals surface area contributed by atoms with Crippen LogP contribution in [0.4, 0.5) is 14.5 Å². The first-order chi connectivity index (χ1) is 9.97. The van der Waals surface area contributed by atoms with Crippen molar-refractivity contribution in [3.8, 4) is 0 Å². The van der Waals surface area contributed by atoms with Gasteiger partial charge in [0.05, 0.1) is 35.9 Å². The summed E-state index contributed by atoms with van der Waals surface area (Å²) in [6, 6.07) is 1.54. The predicted octanol–water partition coefficient (Wildman–Crippen LogP) is 2.14. The van der Waals surface area contributed by atoms with Crippen LogP contribution in [0.2, 0.25) is 5.15 Å². The molecule has 0 spiro atoms. The standard InChI is InChI=1S/C13H6ClF2N3O2/c14-11-4-17-6(3-18-11)5-19-10-2-9(16)8(15)1-7(10)12(20)13(19)21/h1-4H,5H2. The predicted molar refractivity (Wildman–Crippen MR) is 68.9 cm³/mol. The Hall–Kier alpha value is -2.41. The zero-order valence-electron chi connectivity index (χ0n) is 10.3. The van der Waals surface area contributed by atoms with E-state index in [0.29, 0.717) is 5.69 Å². The van der Waals surface area contributed by atoms with Crippen molar-refractivity contribution >= 4 is 29.0 Å². The maximum Gasteiger partial charge on any atom is 0.299 e. The lowest BCUT2D eigenvalue weighted by Crippen LogP contribution is -2.29. The first-order valence-electron chi connectivity index (χ1n) is 5.79. The van der Waals surface area contributed by atoms with Gasteiger partial charge in [-0.1, -0.05) is 11.6 Å². The molecule has 0 radical (unpaired) electrons. The van der Waals surface area contributed by atoms with E-state index >= 15 is 0 Å². The van der Waals surface area contributed by atoms with Crippen LogP contribution >= 0.6 is 11.6 Å². The molecule has 1 aliphatic heterocycles. The van der Waals surface area contributed by atoms with Crippen molar-refractivity contribution < 1.29 is 18.4 Å². The Morgan fingerprint density at radius 3 is 2.48 bits per heavy atom. The second-order valence-electron chi connectivity index (χ2n) is 4.33. The molecule has 1 amide bonds. The Morgan fingerprint density at radius 1 is 1.10 bits per heavy atom. The van der Waals surface area contributed by atoms with Gasteiger partial charge in [0.1, 0.15) is 5.15 Å². The van der Waals surface area contributed by atoms with E-state index in [0.717, 1.165) is 17.0 Å². The third-order valence-electron chi connectivity index (χ3n) is 3.01. The maximum absolute atomic E-state index is 13.3. The molecule has 1 aromatic heterocycles. The molecule has 0 atom stereocenters. The van der Waals surface area contributed by atoms with Crippen LogP contribution in [0.1, 0.15) is 16.1 Å². The highest BCUT2D eigenvalue weighted by Gasteiger charge is 2.37. The minimum Gasteiger partial charge on any atom is -0.299 e. The topological polar surface area (TPSA) is 63.2 Å². The molecule has 2 aromatic rings. The molecule has 2 heterocycles. The lowest BCUT2D eigenvalue weighted by atomic mass is 10.1. The van der Waals surface area contributed by atoms with Gasteiger partial charge in [-0.25, -0.2) is 13.8 Å². The summed E-state index contributed by atoms with van der Waals surface area (Å²) >= 11 is 5.60. The van der Waals surface area contributed by atoms with E-state index in [-0.39, 0.29) is 22.9 Å². The molecule has 0 fully saturated rings. The molecule has 0 aliphatic carbocycles. The number of nitrogens with zero attached hydrogens (tertiary/aromatic N) is 3. The highest BCUT2D eigenvalue weighted by molar-refractivity contribution is 6.52. The van der Waals surface area contributed by atoms with Crippen LogP contribution in [0.15, 0.2) is 24.5 Å². The number of hydrogen-bond donors (Lipinski definition) is 0. The summed E-state index contributed by atoms with van der Waals surface area (Å²) in [4.78, 5) is 32.5. The van der Waals surface area contributed by atoms with Crippen molar-refractivity contribution in [2.24, 2.45) is 0 Å². The summed E-state index contributed by atoms with van der Waals surface area (Å²) < 4.78 is 26.5. The van der Waals surface area contributed by atoms with Crippen LogP contribution in [0.25, 0.3) is 0 Å². The number of carbonyl (C=O) groups excluding carboxylic acids is 2. The van der Waals surface area contributed by atoms with Crippen LogP contribution in [0, 0.1) is 11.6 Å². The number of hydrogen-bond acceptors (Lipinski definition) is 4. The number of benzene rings is 1. The van der Waals surface area contributed by atoms with Gasteiger partial charge in [-0.2, -0.15) is 0 Å². The van der Waals surface area contributed by atoms with Gasteiger partial charge in [0, 0.05) is 6.07 Å². The second-order valence-corrected chi connectivity index (χ2v) is 4.72. The quantitative estimate of drug-likeness (QED) is 0.797. The van der Waals surface area contributed by atoms with Crippen LogP contribution in [0.5, 0.6) is 0 Å². The number of Topliss-reactive ketones (excluding diaryl/α,β-unsaturated/α-hetero) is 1. The van der Waals surface area contributed by atoms with E-state index in [4.69, 9.17) is 11.6 Å². The number of anilines is 1. The molecule has 3 rings (SSSR count). The van der Waals surface area contributed by atoms with Gasteiger partial charge in [0.2, 0.25) is 0 Å². The molecule has 106 valence electrons. The van der Waals surface area contributed by atoms with Crippen LogP contribution in [-0.4, -0.2) is 21.7 Å². The maximum atomic E-state index is 13.3. The van der Waals surface area contributed by atoms with Crippen molar-refractivity contribution in [3.63, 3.8) is 0 Å². The van der Waals surface area contributed by atoms with E-state index in [9.17, 15) is 18.4 Å². The molecule has 21 heavy (non-hydrogen) atoms. The summed E-state index contributed by atoms with van der Waals surface area (Å²) in [6.07, 6.45) is 2.61. The molecule has 5 nitrogen and oxygen atoms in total. The minimum atomic E-state index is -1.18. The van der Waals surface area contributed by atoms with Gasteiger partial charge >= 0.3 is 0 Å². The molecule has 0 saturated heterocycles. The summed E-state index contributed by atoms with van der Waals surface area (Å²) in [7, 11) is 0. The van der Waals surface area contributed by atoms with Gasteiger partial charge < -0.3 is 0 Å². The Labute approximate surface area is 122 Å². The molecule has 0 saturated carbocycles. The molecular weight excluding hydrogens is 304 g/mol. The normalized spacial score (nSPS) is 13.8. The summed E-state index contributed by atoms with van der Waals surface area (Å²) in [6.45, 7) is -0.0905. The summed E-state index contributed by atoms with van der Waals surface area (Å²) in [5.74, 6) is -4.07. The lowest BCUT2D eigenvalue weighted by Gasteiger charge is -2.15. The molecule has 1 aromatic carbocycles. The zero-order chi connectivity index (χ0) is 15.1. The highest BCUT2D eigenvalue weighted by atomic mass is 35.5. The molecule has 1 aliphatic rings. The number of halogens is 3. The largest absolute Gasteiger partial charge is 0.299 e. The van der Waals surface area contributed by atoms with E-state index in [1.165, 1.54) is 12.4 Å². The van der Waals surface area contributed by atoms with Crippen molar-refractivity contribution in [2.45, 2.75) is 6.54 Å². The third-order valence-corrected chi connectivity index (χ3v) is 3.20. The number of aromatic nitrogens is 2. The van der Waals surface area contributed by atoms with Crippen LogP contribution in [-0.2, 0) is 11.3 Å². The van der Waals surface area contributed by atoms with E-state index in [1.54, 1.807) is 0 Å². The Balaban J connectivity index is 2.01. The van der Waals surface area contributed by atoms with Gasteiger partial charge in [-0.3, -0.25) is 19.5 Å². The van der Waals surface area contributed by atoms with E-state index in [1.807, 2.05) is 0 Å². The first kappa shape index (κ1) is 13.6. The molecule has 8 heteroatoms. The van der Waals surface area contributed by atoms with Gasteiger partial charge in [-0.05, 0) is 6.07 Å². The lowest BCUT2D eigenvalue weighted by molar-refractivity contribution is -0.114. The van der Waals surface area contributed by atoms with Crippen molar-refractivity contribution in [1.82, 2.24) is 9.97 Å². The average Bonchev–Trinajstić information content (AvgIpc) is 2.67. The van der Waals surface area contributed by atoms with Gasteiger partial charge in [0.25, 0.3) is 11.7 Å². The summed E-state index contributed by atoms with van der Waals surface area (Å²) in [5.41, 5.74) is 0.208. The van der Waals surface area contributed by atoms with Gasteiger partial charge in [0.15, 0.2) is 11.6 Å². The van der Waals surface area contributed by atoms with Crippen molar-refractivity contribution in [3.05, 3.63) is 52.6 Å². The average molecular weight is 310 g/mol. The molecular formula is C13H6ClF2N3O2. The second kappa shape index (κ2) is 4.85. The number of ketones is 1. The van der Waals surface area contributed by atoms with Crippen LogP contribution < -0.4 is 4.90 Å². The fraction of sp³-hybridized carbons (Fsp3) is 0.0769. The van der Waals surface area contributed by atoms with E-state index in [2.05, 4.69) is 9.97 Å². The van der Waals surface area contributed by atoms with Crippen LogP contribution in [0.3, 0.4) is 0 Å². The Kier molecular flexibility index (Phi) is 3.13. The number of carbonyl (C=O) groups is 2. The number of amides is 1. The SMILES string of the molecule is O=C1C(=O)N(Cc2cnc(Cl)cn2)c2cc(F)c(F)cc21.